The highest BCUT2D eigenvalue weighted by atomic mass is 16.5. The van der Waals surface area contributed by atoms with E-state index in [0.29, 0.717) is 6.54 Å². The van der Waals surface area contributed by atoms with E-state index < -0.39 is 0 Å². The number of aromatic nitrogens is 2. The quantitative estimate of drug-likeness (QED) is 0.825. The lowest BCUT2D eigenvalue weighted by Crippen LogP contribution is -1.95. The minimum Gasteiger partial charge on any atom is -0.454 e. The van der Waals surface area contributed by atoms with Crippen LogP contribution in [0.2, 0.25) is 0 Å². The van der Waals surface area contributed by atoms with Crippen LogP contribution >= 0.6 is 0 Å². The normalized spacial score (nSPS) is 10.3. The van der Waals surface area contributed by atoms with Crippen molar-refractivity contribution in [3.05, 3.63) is 42.2 Å². The van der Waals surface area contributed by atoms with Crippen LogP contribution in [-0.4, -0.2) is 9.78 Å². The van der Waals surface area contributed by atoms with Gasteiger partial charge in [-0.2, -0.15) is 5.10 Å². The van der Waals surface area contributed by atoms with Gasteiger partial charge in [0, 0.05) is 13.6 Å². The second kappa shape index (κ2) is 4.14. The molecule has 0 saturated heterocycles. The Bertz CT molecular complexity index is 433. The molecule has 0 unspecified atom stereocenters. The molecule has 0 saturated carbocycles. The number of benzene rings is 1. The van der Waals surface area contributed by atoms with Crippen molar-refractivity contribution in [1.82, 2.24) is 9.78 Å². The third-order valence-corrected chi connectivity index (χ3v) is 2.08. The Kier molecular flexibility index (Phi) is 2.69. The van der Waals surface area contributed by atoms with Crippen LogP contribution in [-0.2, 0) is 13.6 Å². The predicted molar refractivity (Wildman–Crippen MR) is 57.6 cm³/mol. The molecule has 0 aliphatic carbocycles. The number of hydrogen-bond donors (Lipinski definition) is 1. The molecule has 2 N–H and O–H groups in total. The summed E-state index contributed by atoms with van der Waals surface area (Å²) in [4.78, 5) is 0. The van der Waals surface area contributed by atoms with Crippen LogP contribution in [0, 0.1) is 0 Å². The average Bonchev–Trinajstić information content (AvgIpc) is 2.65. The van der Waals surface area contributed by atoms with E-state index >= 15 is 0 Å². The van der Waals surface area contributed by atoms with Gasteiger partial charge in [-0.05, 0) is 17.7 Å². The van der Waals surface area contributed by atoms with Gasteiger partial charge in [0.25, 0.3) is 0 Å². The molecule has 0 atom stereocenters. The summed E-state index contributed by atoms with van der Waals surface area (Å²) in [6.07, 6.45) is 3.49. The van der Waals surface area contributed by atoms with Crippen LogP contribution in [0.1, 0.15) is 5.56 Å². The first-order valence-corrected chi connectivity index (χ1v) is 4.73. The number of rotatable bonds is 3. The van der Waals surface area contributed by atoms with E-state index in [9.17, 15) is 0 Å². The minimum atomic E-state index is 0.549. The van der Waals surface area contributed by atoms with E-state index in [1.807, 2.05) is 37.5 Å². The molecule has 2 rings (SSSR count). The number of ether oxygens (including phenoxy) is 1. The van der Waals surface area contributed by atoms with Gasteiger partial charge >= 0.3 is 0 Å². The molecule has 0 aliphatic rings. The van der Waals surface area contributed by atoms with Crippen molar-refractivity contribution < 1.29 is 4.74 Å². The van der Waals surface area contributed by atoms with E-state index in [1.54, 1.807) is 10.9 Å². The Labute approximate surface area is 88.3 Å². The van der Waals surface area contributed by atoms with Crippen LogP contribution in [0.15, 0.2) is 36.7 Å². The lowest BCUT2D eigenvalue weighted by molar-refractivity contribution is 0.482. The Morgan fingerprint density at radius 3 is 2.53 bits per heavy atom. The van der Waals surface area contributed by atoms with Gasteiger partial charge in [0.05, 0.1) is 12.4 Å². The number of aryl methyl sites for hydroxylation is 1. The first kappa shape index (κ1) is 9.73. The zero-order valence-corrected chi connectivity index (χ0v) is 8.55. The summed E-state index contributed by atoms with van der Waals surface area (Å²) in [5, 5.41) is 4.02. The molecule has 4 nitrogen and oxygen atoms in total. The standard InChI is InChI=1S/C11H13N3O/c1-14-8-11(7-13-14)15-10-4-2-9(6-12)3-5-10/h2-5,7-8H,6,12H2,1H3. The molecule has 0 spiro atoms. The van der Waals surface area contributed by atoms with Crippen LogP contribution in [0.5, 0.6) is 11.5 Å². The summed E-state index contributed by atoms with van der Waals surface area (Å²) in [5.74, 6) is 1.53. The summed E-state index contributed by atoms with van der Waals surface area (Å²) in [6, 6.07) is 7.70. The van der Waals surface area contributed by atoms with Crippen molar-refractivity contribution in [1.29, 1.82) is 0 Å². The molecule has 0 bridgehead atoms. The lowest BCUT2D eigenvalue weighted by Gasteiger charge is -2.03. The number of hydrogen-bond acceptors (Lipinski definition) is 3. The zero-order chi connectivity index (χ0) is 10.7. The first-order chi connectivity index (χ1) is 7.28. The third kappa shape index (κ3) is 2.35. The van der Waals surface area contributed by atoms with E-state index in [1.165, 1.54) is 0 Å². The fraction of sp³-hybridized carbons (Fsp3) is 0.182. The molecule has 1 heterocycles. The van der Waals surface area contributed by atoms with Crippen LogP contribution in [0.4, 0.5) is 0 Å². The minimum absolute atomic E-state index is 0.549. The van der Waals surface area contributed by atoms with Crippen molar-refractivity contribution in [3.8, 4) is 11.5 Å². The smallest absolute Gasteiger partial charge is 0.165 e. The molecule has 0 amide bonds. The Balaban J connectivity index is 2.11. The molecular weight excluding hydrogens is 190 g/mol. The predicted octanol–water partition coefficient (Wildman–Crippen LogP) is 1.67. The maximum atomic E-state index is 5.57. The zero-order valence-electron chi connectivity index (χ0n) is 8.55. The Hall–Kier alpha value is -1.81. The highest BCUT2D eigenvalue weighted by molar-refractivity contribution is 5.31. The highest BCUT2D eigenvalue weighted by Gasteiger charge is 1.99. The average molecular weight is 203 g/mol. The molecule has 0 radical (unpaired) electrons. The highest BCUT2D eigenvalue weighted by Crippen LogP contribution is 2.20. The lowest BCUT2D eigenvalue weighted by atomic mass is 10.2. The SMILES string of the molecule is Cn1cc(Oc2ccc(CN)cc2)cn1. The van der Waals surface area contributed by atoms with Crippen molar-refractivity contribution >= 4 is 0 Å². The first-order valence-electron chi connectivity index (χ1n) is 4.73. The van der Waals surface area contributed by atoms with Gasteiger partial charge in [-0.15, -0.1) is 0 Å². The fourth-order valence-corrected chi connectivity index (χ4v) is 1.28. The van der Waals surface area contributed by atoms with Gasteiger partial charge in [-0.25, -0.2) is 0 Å². The molecule has 4 heteroatoms. The van der Waals surface area contributed by atoms with Crippen molar-refractivity contribution in [3.63, 3.8) is 0 Å². The van der Waals surface area contributed by atoms with Gasteiger partial charge in [0.1, 0.15) is 5.75 Å². The van der Waals surface area contributed by atoms with Crippen LogP contribution in [0.3, 0.4) is 0 Å². The van der Waals surface area contributed by atoms with Crippen molar-refractivity contribution in [2.45, 2.75) is 6.54 Å². The maximum absolute atomic E-state index is 5.57. The topological polar surface area (TPSA) is 53.1 Å². The molecule has 1 aromatic heterocycles. The molecule has 78 valence electrons. The van der Waals surface area contributed by atoms with Crippen molar-refractivity contribution in [2.24, 2.45) is 12.8 Å². The summed E-state index contributed by atoms with van der Waals surface area (Å²) in [5.41, 5.74) is 6.59. The van der Waals surface area contributed by atoms with Crippen molar-refractivity contribution in [2.75, 3.05) is 0 Å². The second-order valence-electron chi connectivity index (χ2n) is 3.30. The molecule has 1 aromatic carbocycles. The molecule has 2 aromatic rings. The Morgan fingerprint density at radius 1 is 1.27 bits per heavy atom. The number of nitrogens with zero attached hydrogens (tertiary/aromatic N) is 2. The summed E-state index contributed by atoms with van der Waals surface area (Å²) >= 11 is 0. The van der Waals surface area contributed by atoms with Crippen LogP contribution in [0.25, 0.3) is 0 Å². The van der Waals surface area contributed by atoms with Gasteiger partial charge in [-0.1, -0.05) is 12.1 Å². The second-order valence-corrected chi connectivity index (χ2v) is 3.30. The van der Waals surface area contributed by atoms with E-state index in [2.05, 4.69) is 5.10 Å². The molecular formula is C11H13N3O. The van der Waals surface area contributed by atoms with E-state index in [0.717, 1.165) is 17.1 Å². The molecule has 0 aliphatic heterocycles. The van der Waals surface area contributed by atoms with Gasteiger partial charge in [0.15, 0.2) is 5.75 Å². The largest absolute Gasteiger partial charge is 0.454 e. The van der Waals surface area contributed by atoms with E-state index in [-0.39, 0.29) is 0 Å². The van der Waals surface area contributed by atoms with Gasteiger partial charge in [0.2, 0.25) is 0 Å². The maximum Gasteiger partial charge on any atom is 0.165 e. The van der Waals surface area contributed by atoms with E-state index in [4.69, 9.17) is 10.5 Å². The fourth-order valence-electron chi connectivity index (χ4n) is 1.28. The van der Waals surface area contributed by atoms with Gasteiger partial charge < -0.3 is 10.5 Å². The Morgan fingerprint density at radius 2 is 2.00 bits per heavy atom. The monoisotopic (exact) mass is 203 g/mol. The third-order valence-electron chi connectivity index (χ3n) is 2.08. The molecule has 0 fully saturated rings. The molecule has 15 heavy (non-hydrogen) atoms. The van der Waals surface area contributed by atoms with Gasteiger partial charge in [-0.3, -0.25) is 4.68 Å². The summed E-state index contributed by atoms with van der Waals surface area (Å²) in [6.45, 7) is 0.549. The van der Waals surface area contributed by atoms with Crippen LogP contribution < -0.4 is 10.5 Å². The summed E-state index contributed by atoms with van der Waals surface area (Å²) < 4.78 is 7.27. The summed E-state index contributed by atoms with van der Waals surface area (Å²) in [7, 11) is 1.85. The number of nitrogens with two attached hydrogens (primary N) is 1.